The Bertz CT molecular complexity index is 680. The number of hydrogen-bond donors (Lipinski definition) is 1. The summed E-state index contributed by atoms with van der Waals surface area (Å²) in [6, 6.07) is 5.67. The van der Waals surface area contributed by atoms with Crippen LogP contribution < -0.4 is 5.73 Å². The van der Waals surface area contributed by atoms with E-state index in [0.717, 1.165) is 21.2 Å². The fraction of sp³-hybridized carbons (Fsp3) is 0.167. The van der Waals surface area contributed by atoms with Crippen LogP contribution in [0.1, 0.15) is 17.3 Å². The van der Waals surface area contributed by atoms with Crippen molar-refractivity contribution in [2.75, 3.05) is 0 Å². The summed E-state index contributed by atoms with van der Waals surface area (Å²) in [7, 11) is 1.88. The molecule has 0 aliphatic heterocycles. The van der Waals surface area contributed by atoms with Gasteiger partial charge in [0.1, 0.15) is 0 Å². The smallest absolute Gasteiger partial charge is 0.0771 e. The minimum Gasteiger partial charge on any atom is -0.319 e. The van der Waals surface area contributed by atoms with Crippen LogP contribution in [0.3, 0.4) is 0 Å². The zero-order chi connectivity index (χ0) is 12.7. The van der Waals surface area contributed by atoms with Gasteiger partial charge in [0.15, 0.2) is 0 Å². The van der Waals surface area contributed by atoms with Crippen molar-refractivity contribution < 1.29 is 0 Å². The number of fused-ring (bicyclic) bond motifs is 1. The summed E-state index contributed by atoms with van der Waals surface area (Å²) in [5, 5.41) is 8.49. The maximum absolute atomic E-state index is 6.33. The van der Waals surface area contributed by atoms with E-state index in [0.29, 0.717) is 0 Å². The summed E-state index contributed by atoms with van der Waals surface area (Å²) in [5.74, 6) is 0. The highest BCUT2D eigenvalue weighted by Crippen LogP contribution is 2.28. The van der Waals surface area contributed by atoms with Gasteiger partial charge in [-0.05, 0) is 28.1 Å². The molecule has 0 saturated carbocycles. The highest BCUT2D eigenvalue weighted by molar-refractivity contribution is 9.10. The molecular formula is C12H12BrN5. The molecule has 3 rings (SSSR count). The lowest BCUT2D eigenvalue weighted by atomic mass is 10.1. The zero-order valence-corrected chi connectivity index (χ0v) is 11.4. The van der Waals surface area contributed by atoms with E-state index >= 15 is 0 Å². The first-order valence-corrected chi connectivity index (χ1v) is 6.33. The molecule has 0 bridgehead atoms. The summed E-state index contributed by atoms with van der Waals surface area (Å²) >= 11 is 3.48. The van der Waals surface area contributed by atoms with E-state index in [1.807, 2.05) is 36.0 Å². The van der Waals surface area contributed by atoms with Crippen molar-refractivity contribution in [2.24, 2.45) is 12.8 Å². The Morgan fingerprint density at radius 1 is 1.28 bits per heavy atom. The standard InChI is InChI=1S/C12H12BrN5/c1-17-12(9(13)7-15-17)11(14)8-6-16-18-5-3-2-4-10(8)18/h2-7,11H,14H2,1H3. The summed E-state index contributed by atoms with van der Waals surface area (Å²) in [6.45, 7) is 0. The van der Waals surface area contributed by atoms with Gasteiger partial charge in [0.25, 0.3) is 0 Å². The fourth-order valence-electron chi connectivity index (χ4n) is 2.11. The molecule has 0 saturated heterocycles. The minimum atomic E-state index is -0.258. The molecule has 0 aromatic carbocycles. The second-order valence-electron chi connectivity index (χ2n) is 4.11. The van der Waals surface area contributed by atoms with Crippen LogP contribution in [0.25, 0.3) is 5.52 Å². The topological polar surface area (TPSA) is 61.1 Å². The zero-order valence-electron chi connectivity index (χ0n) is 9.79. The number of pyridine rings is 1. The lowest BCUT2D eigenvalue weighted by molar-refractivity contribution is 0.673. The van der Waals surface area contributed by atoms with Crippen LogP contribution in [0.4, 0.5) is 0 Å². The second-order valence-corrected chi connectivity index (χ2v) is 4.96. The van der Waals surface area contributed by atoms with Crippen molar-refractivity contribution in [2.45, 2.75) is 6.04 Å². The van der Waals surface area contributed by atoms with Gasteiger partial charge in [-0.1, -0.05) is 6.07 Å². The summed E-state index contributed by atoms with van der Waals surface area (Å²) in [6.07, 6.45) is 5.46. The predicted octanol–water partition coefficient (Wildman–Crippen LogP) is 1.88. The Hall–Kier alpha value is -1.66. The van der Waals surface area contributed by atoms with Gasteiger partial charge < -0.3 is 5.73 Å². The Morgan fingerprint density at radius 3 is 2.83 bits per heavy atom. The maximum Gasteiger partial charge on any atom is 0.0771 e. The van der Waals surface area contributed by atoms with E-state index < -0.39 is 0 Å². The first-order valence-electron chi connectivity index (χ1n) is 5.53. The molecule has 18 heavy (non-hydrogen) atoms. The summed E-state index contributed by atoms with van der Waals surface area (Å²) in [5.41, 5.74) is 9.27. The van der Waals surface area contributed by atoms with E-state index in [1.165, 1.54) is 0 Å². The number of nitrogens with two attached hydrogens (primary N) is 1. The molecule has 0 aliphatic carbocycles. The predicted molar refractivity (Wildman–Crippen MR) is 72.1 cm³/mol. The molecular weight excluding hydrogens is 294 g/mol. The maximum atomic E-state index is 6.33. The van der Waals surface area contributed by atoms with Crippen LogP contribution in [0, 0.1) is 0 Å². The van der Waals surface area contributed by atoms with Crippen molar-refractivity contribution in [3.8, 4) is 0 Å². The Balaban J connectivity index is 2.15. The van der Waals surface area contributed by atoms with Crippen molar-refractivity contribution in [3.05, 3.63) is 52.5 Å². The largest absolute Gasteiger partial charge is 0.319 e. The quantitative estimate of drug-likeness (QED) is 0.786. The molecule has 1 unspecified atom stereocenters. The monoisotopic (exact) mass is 305 g/mol. The molecule has 5 nitrogen and oxygen atoms in total. The number of nitrogens with zero attached hydrogens (tertiary/aromatic N) is 4. The van der Waals surface area contributed by atoms with E-state index in [9.17, 15) is 0 Å². The highest BCUT2D eigenvalue weighted by atomic mass is 79.9. The second kappa shape index (κ2) is 4.22. The van der Waals surface area contributed by atoms with Gasteiger partial charge in [-0.15, -0.1) is 0 Å². The van der Waals surface area contributed by atoms with Gasteiger partial charge >= 0.3 is 0 Å². The Morgan fingerprint density at radius 2 is 2.11 bits per heavy atom. The third-order valence-corrected chi connectivity index (χ3v) is 3.63. The third kappa shape index (κ3) is 1.65. The number of halogens is 1. The van der Waals surface area contributed by atoms with Crippen molar-refractivity contribution in [3.63, 3.8) is 0 Å². The number of aromatic nitrogens is 4. The van der Waals surface area contributed by atoms with Crippen molar-refractivity contribution in [1.82, 2.24) is 19.4 Å². The lowest BCUT2D eigenvalue weighted by Gasteiger charge is -2.11. The number of aryl methyl sites for hydroxylation is 1. The van der Waals surface area contributed by atoms with Gasteiger partial charge in [0.2, 0.25) is 0 Å². The average molecular weight is 306 g/mol. The summed E-state index contributed by atoms with van der Waals surface area (Å²) in [4.78, 5) is 0. The van der Waals surface area contributed by atoms with Gasteiger partial charge in [-0.3, -0.25) is 4.68 Å². The van der Waals surface area contributed by atoms with Gasteiger partial charge in [0.05, 0.1) is 34.1 Å². The van der Waals surface area contributed by atoms with Crippen molar-refractivity contribution >= 4 is 21.4 Å². The Labute approximate surface area is 112 Å². The molecule has 0 amide bonds. The van der Waals surface area contributed by atoms with Crippen molar-refractivity contribution in [1.29, 1.82) is 0 Å². The van der Waals surface area contributed by atoms with Gasteiger partial charge in [-0.25, -0.2) is 4.52 Å². The Kier molecular flexibility index (Phi) is 2.68. The number of rotatable bonds is 2. The van der Waals surface area contributed by atoms with Gasteiger partial charge in [-0.2, -0.15) is 10.2 Å². The lowest BCUT2D eigenvalue weighted by Crippen LogP contribution is -2.16. The van der Waals surface area contributed by atoms with E-state index in [2.05, 4.69) is 26.1 Å². The van der Waals surface area contributed by atoms with E-state index in [1.54, 1.807) is 17.1 Å². The summed E-state index contributed by atoms with van der Waals surface area (Å²) < 4.78 is 4.51. The highest BCUT2D eigenvalue weighted by Gasteiger charge is 2.19. The molecule has 92 valence electrons. The van der Waals surface area contributed by atoms with Crippen LogP contribution in [-0.4, -0.2) is 19.4 Å². The van der Waals surface area contributed by atoms with Crippen LogP contribution in [0.15, 0.2) is 41.3 Å². The molecule has 3 heterocycles. The van der Waals surface area contributed by atoms with Crippen LogP contribution >= 0.6 is 15.9 Å². The molecule has 3 aromatic heterocycles. The molecule has 0 fully saturated rings. The molecule has 0 spiro atoms. The fourth-order valence-corrected chi connectivity index (χ4v) is 2.71. The SMILES string of the molecule is Cn1ncc(Br)c1C(N)c1cnn2ccccc12. The molecule has 1 atom stereocenters. The van der Waals surface area contributed by atoms with Gasteiger partial charge in [0, 0.05) is 18.8 Å². The van der Waals surface area contributed by atoms with Crippen LogP contribution in [0.5, 0.6) is 0 Å². The molecule has 0 radical (unpaired) electrons. The van der Waals surface area contributed by atoms with Crippen LogP contribution in [0.2, 0.25) is 0 Å². The normalized spacial score (nSPS) is 13.1. The molecule has 3 aromatic rings. The molecule has 2 N–H and O–H groups in total. The van der Waals surface area contributed by atoms with E-state index in [4.69, 9.17) is 5.73 Å². The van der Waals surface area contributed by atoms with Crippen LogP contribution in [-0.2, 0) is 7.05 Å². The third-order valence-electron chi connectivity index (χ3n) is 3.02. The molecule has 0 aliphatic rings. The first-order chi connectivity index (χ1) is 8.68. The minimum absolute atomic E-state index is 0.258. The molecule has 6 heteroatoms. The average Bonchev–Trinajstić information content (AvgIpc) is 2.93. The number of hydrogen-bond acceptors (Lipinski definition) is 3. The van der Waals surface area contributed by atoms with E-state index in [-0.39, 0.29) is 6.04 Å². The first kappa shape index (κ1) is 11.4.